The molecule has 0 N–H and O–H groups in total. The Morgan fingerprint density at radius 2 is 1.50 bits per heavy atom. The first kappa shape index (κ1) is 23.7. The van der Waals surface area contributed by atoms with Crippen LogP contribution in [-0.2, 0) is 4.74 Å². The number of ether oxygens (including phenoxy) is 1. The molecule has 0 unspecified atom stereocenters. The zero-order valence-electron chi connectivity index (χ0n) is 18.8. The van der Waals surface area contributed by atoms with E-state index in [-0.39, 0.29) is 5.97 Å². The Balaban J connectivity index is 1.73. The zero-order chi connectivity index (χ0) is 22.8. The van der Waals surface area contributed by atoms with E-state index < -0.39 is 8.07 Å². The summed E-state index contributed by atoms with van der Waals surface area (Å²) in [4.78, 5) is 14.1. The van der Waals surface area contributed by atoms with E-state index in [1.807, 2.05) is 66.7 Å². The van der Waals surface area contributed by atoms with Crippen LogP contribution in [0.25, 0.3) is 0 Å². The number of hydrogen-bond acceptors (Lipinski definition) is 3. The Kier molecular flexibility index (Phi) is 8.55. The molecule has 0 aliphatic carbocycles. The van der Waals surface area contributed by atoms with Gasteiger partial charge in [-0.05, 0) is 53.4 Å². The number of thioether (sulfide) groups is 1. The van der Waals surface area contributed by atoms with Gasteiger partial charge in [-0.3, -0.25) is 0 Å². The third-order valence-corrected chi connectivity index (χ3v) is 7.02. The predicted octanol–water partition coefficient (Wildman–Crippen LogP) is 7.26. The molecular formula is C28H28O2SSi. The fourth-order valence-corrected chi connectivity index (χ4v) is 5.61. The summed E-state index contributed by atoms with van der Waals surface area (Å²) in [7, 11) is -1.37. The lowest BCUT2D eigenvalue weighted by Gasteiger charge is -2.18. The van der Waals surface area contributed by atoms with Crippen LogP contribution >= 0.6 is 11.8 Å². The summed E-state index contributed by atoms with van der Waals surface area (Å²) < 4.78 is 5.75. The number of hydrogen-bond donors (Lipinski definition) is 0. The number of esters is 1. The molecule has 0 saturated carbocycles. The van der Waals surface area contributed by atoms with Crippen LogP contribution in [0.15, 0.2) is 101 Å². The highest BCUT2D eigenvalue weighted by Gasteiger charge is 2.18. The molecule has 0 radical (unpaired) electrons. The average Bonchev–Trinajstić information content (AvgIpc) is 2.80. The molecule has 0 aliphatic heterocycles. The van der Waals surface area contributed by atoms with Gasteiger partial charge in [-0.25, -0.2) is 4.79 Å². The maximum absolute atomic E-state index is 12.9. The molecule has 0 fully saturated rings. The highest BCUT2D eigenvalue weighted by atomic mass is 32.2. The molecule has 0 aromatic heterocycles. The highest BCUT2D eigenvalue weighted by Crippen LogP contribution is 2.25. The van der Waals surface area contributed by atoms with Crippen LogP contribution in [0.2, 0.25) is 25.7 Å². The normalized spacial score (nSPS) is 11.4. The van der Waals surface area contributed by atoms with Crippen molar-refractivity contribution in [1.29, 1.82) is 0 Å². The summed E-state index contributed by atoms with van der Waals surface area (Å²) in [6.45, 7) is 7.27. The van der Waals surface area contributed by atoms with Gasteiger partial charge in [0.2, 0.25) is 0 Å². The Hall–Kier alpha value is -3.00. The minimum Gasteiger partial charge on any atom is -0.458 e. The summed E-state index contributed by atoms with van der Waals surface area (Å²) >= 11 is 1.67. The molecule has 3 aromatic rings. The zero-order valence-corrected chi connectivity index (χ0v) is 20.6. The first-order valence-corrected chi connectivity index (χ1v) is 15.2. The lowest BCUT2D eigenvalue weighted by Crippen LogP contribution is -2.22. The number of rotatable bonds is 7. The van der Waals surface area contributed by atoms with Gasteiger partial charge in [0.1, 0.15) is 6.61 Å². The molecule has 0 bridgehead atoms. The minimum atomic E-state index is -1.37. The second kappa shape index (κ2) is 11.6. The van der Waals surface area contributed by atoms with Crippen molar-refractivity contribution in [3.63, 3.8) is 0 Å². The number of benzene rings is 3. The van der Waals surface area contributed by atoms with E-state index in [0.717, 1.165) is 17.2 Å². The molecule has 162 valence electrons. The fourth-order valence-electron chi connectivity index (χ4n) is 3.13. The summed E-state index contributed by atoms with van der Waals surface area (Å²) in [5.74, 6) is 5.91. The lowest BCUT2D eigenvalue weighted by atomic mass is 10.1. The van der Waals surface area contributed by atoms with Gasteiger partial charge in [0, 0.05) is 24.1 Å². The maximum atomic E-state index is 12.9. The first-order chi connectivity index (χ1) is 15.4. The van der Waals surface area contributed by atoms with Crippen LogP contribution in [0.3, 0.4) is 0 Å². The second-order valence-corrected chi connectivity index (χ2v) is 15.1. The molecule has 32 heavy (non-hydrogen) atoms. The molecule has 0 saturated heterocycles. The van der Waals surface area contributed by atoms with E-state index in [9.17, 15) is 4.79 Å². The molecule has 3 rings (SSSR count). The van der Waals surface area contributed by atoms with Crippen LogP contribution < -0.4 is 0 Å². The second-order valence-electron chi connectivity index (χ2n) is 8.68. The van der Waals surface area contributed by atoms with Crippen molar-refractivity contribution in [3.05, 3.63) is 113 Å². The van der Waals surface area contributed by atoms with E-state index in [1.165, 1.54) is 4.90 Å². The van der Waals surface area contributed by atoms with Crippen molar-refractivity contribution >= 4 is 25.8 Å². The highest BCUT2D eigenvalue weighted by molar-refractivity contribution is 8.02. The van der Waals surface area contributed by atoms with Crippen LogP contribution in [-0.4, -0.2) is 20.7 Å². The molecule has 0 heterocycles. The number of carbonyl (C=O) groups is 1. The van der Waals surface area contributed by atoms with Crippen LogP contribution in [0.4, 0.5) is 0 Å². The summed E-state index contributed by atoms with van der Waals surface area (Å²) in [6, 6.07) is 28.3. The first-order valence-electron chi connectivity index (χ1n) is 10.6. The van der Waals surface area contributed by atoms with Crippen molar-refractivity contribution in [1.82, 2.24) is 0 Å². The minimum absolute atomic E-state index is 0.295. The van der Waals surface area contributed by atoms with E-state index in [4.69, 9.17) is 4.74 Å². The van der Waals surface area contributed by atoms with Gasteiger partial charge >= 0.3 is 5.97 Å². The van der Waals surface area contributed by atoms with Gasteiger partial charge in [0.15, 0.2) is 0 Å². The Bertz CT molecular complexity index is 1120. The third kappa shape index (κ3) is 7.92. The van der Waals surface area contributed by atoms with Gasteiger partial charge in [-0.2, -0.15) is 0 Å². The molecule has 2 nitrogen and oxygen atoms in total. The van der Waals surface area contributed by atoms with Gasteiger partial charge in [-0.1, -0.05) is 91.8 Å². The van der Waals surface area contributed by atoms with Gasteiger partial charge < -0.3 is 4.74 Å². The molecular weight excluding hydrogens is 428 g/mol. The van der Waals surface area contributed by atoms with Gasteiger partial charge in [0.25, 0.3) is 0 Å². The Morgan fingerprint density at radius 3 is 2.19 bits per heavy atom. The predicted molar refractivity (Wildman–Crippen MR) is 138 cm³/mol. The largest absolute Gasteiger partial charge is 0.458 e. The molecule has 0 aliphatic rings. The van der Waals surface area contributed by atoms with Crippen molar-refractivity contribution in [2.75, 3.05) is 6.61 Å². The topological polar surface area (TPSA) is 26.3 Å². The van der Waals surface area contributed by atoms with Crippen molar-refractivity contribution < 1.29 is 9.53 Å². The van der Waals surface area contributed by atoms with Gasteiger partial charge in [0.05, 0.1) is 5.56 Å². The number of carbonyl (C=O) groups excluding carboxylic acids is 1. The molecule has 0 atom stereocenters. The van der Waals surface area contributed by atoms with Crippen LogP contribution in [0, 0.1) is 11.8 Å². The molecule has 3 aromatic carbocycles. The quantitative estimate of drug-likeness (QED) is 0.162. The van der Waals surface area contributed by atoms with Crippen LogP contribution in [0.5, 0.6) is 0 Å². The SMILES string of the molecule is C[Si](C)(C)C/C(=C\Sc1ccccc1)COC(=O)c1ccccc1C#Cc1ccccc1. The van der Waals surface area contributed by atoms with E-state index in [2.05, 4.69) is 49.0 Å². The van der Waals surface area contributed by atoms with Gasteiger partial charge in [-0.15, -0.1) is 0 Å². The summed E-state index contributed by atoms with van der Waals surface area (Å²) in [6.07, 6.45) is 0. The van der Waals surface area contributed by atoms with E-state index >= 15 is 0 Å². The maximum Gasteiger partial charge on any atom is 0.339 e. The summed E-state index contributed by atoms with van der Waals surface area (Å²) in [5.41, 5.74) is 3.24. The molecule has 0 amide bonds. The van der Waals surface area contributed by atoms with E-state index in [1.54, 1.807) is 17.8 Å². The summed E-state index contributed by atoms with van der Waals surface area (Å²) in [5, 5.41) is 2.14. The lowest BCUT2D eigenvalue weighted by molar-refractivity contribution is 0.0540. The van der Waals surface area contributed by atoms with Crippen molar-refractivity contribution in [2.24, 2.45) is 0 Å². The molecule has 4 heteroatoms. The van der Waals surface area contributed by atoms with Crippen molar-refractivity contribution in [2.45, 2.75) is 30.6 Å². The van der Waals surface area contributed by atoms with E-state index in [0.29, 0.717) is 17.7 Å². The van der Waals surface area contributed by atoms with Crippen molar-refractivity contribution in [3.8, 4) is 11.8 Å². The third-order valence-electron chi connectivity index (χ3n) is 4.51. The Morgan fingerprint density at radius 1 is 0.875 bits per heavy atom. The standard InChI is InChI=1S/C28H28O2SSi/c1-32(2,3)22-24(21-31-26-15-8-5-9-16-26)20-30-28(29)27-17-11-10-14-25(27)19-18-23-12-6-4-7-13-23/h4-17,21H,20,22H2,1-3H3/b24-21-. The van der Waals surface area contributed by atoms with Crippen LogP contribution in [0.1, 0.15) is 21.5 Å². The average molecular weight is 457 g/mol. The monoisotopic (exact) mass is 456 g/mol. The Labute approximate surface area is 196 Å². The molecule has 0 spiro atoms. The smallest absolute Gasteiger partial charge is 0.339 e. The fraction of sp³-hybridized carbons (Fsp3) is 0.179.